The zero-order chi connectivity index (χ0) is 5.98. The van der Waals surface area contributed by atoms with Crippen molar-refractivity contribution in [2.45, 2.75) is 5.25 Å². The number of hydrogen-bond acceptors (Lipinski definition) is 3. The molecule has 2 nitrogen and oxygen atoms in total. The molecule has 1 aliphatic rings. The minimum absolute atomic E-state index is 0. The third kappa shape index (κ3) is 3.26. The molecular weight excluding hydrogens is 362 g/mol. The van der Waals surface area contributed by atoms with E-state index in [4.69, 9.17) is 5.73 Å². The Morgan fingerprint density at radius 3 is 2.78 bits per heavy atom. The molecule has 0 spiro atoms. The number of thioether (sulfide) groups is 1. The van der Waals surface area contributed by atoms with E-state index in [2.05, 4.69) is 27.6 Å². The maximum Gasteiger partial charge on any atom is 0.154 e. The molecule has 0 radical (unpaired) electrons. The van der Waals surface area contributed by atoms with Crippen LogP contribution >= 0.6 is 58.3 Å². The summed E-state index contributed by atoms with van der Waals surface area (Å²) in [5.74, 6) is 0. The van der Waals surface area contributed by atoms with Crippen molar-refractivity contribution in [2.75, 3.05) is 11.0 Å². The summed E-state index contributed by atoms with van der Waals surface area (Å²) < 4.78 is 1.15. The van der Waals surface area contributed by atoms with Crippen LogP contribution in [0.2, 0.25) is 0 Å². The fraction of sp³-hybridized carbons (Fsp3) is 0.750. The van der Waals surface area contributed by atoms with Crippen LogP contribution in [0.25, 0.3) is 0 Å². The smallest absolute Gasteiger partial charge is 0.154 e. The van der Waals surface area contributed by atoms with Crippen molar-refractivity contribution in [3.63, 3.8) is 0 Å². The molecule has 54 valence electrons. The Morgan fingerprint density at radius 1 is 1.89 bits per heavy atom. The molecule has 0 aromatic carbocycles. The minimum atomic E-state index is 0. The summed E-state index contributed by atoms with van der Waals surface area (Å²) in [4.78, 5) is 4.04. The first-order valence-electron chi connectivity index (χ1n) is 2.35. The van der Waals surface area contributed by atoms with Crippen LogP contribution in [-0.2, 0) is 0 Å². The average molecular weight is 370 g/mol. The first-order valence-corrected chi connectivity index (χ1v) is 4.76. The molecule has 1 aliphatic heterocycles. The molecular formula is C4H8I2N2S. The zero-order valence-corrected chi connectivity index (χ0v) is 10.0. The molecule has 9 heavy (non-hydrogen) atoms. The molecule has 0 aliphatic carbocycles. The van der Waals surface area contributed by atoms with Crippen molar-refractivity contribution in [1.82, 2.24) is 0 Å². The molecule has 0 fully saturated rings. The minimum Gasteiger partial charge on any atom is -0.379 e. The van der Waals surface area contributed by atoms with Crippen LogP contribution in [0, 0.1) is 0 Å². The van der Waals surface area contributed by atoms with E-state index in [1.165, 1.54) is 0 Å². The van der Waals surface area contributed by atoms with Crippen LogP contribution in [0.3, 0.4) is 0 Å². The predicted molar refractivity (Wildman–Crippen MR) is 62.2 cm³/mol. The Kier molecular flexibility index (Phi) is 5.71. The fourth-order valence-electron chi connectivity index (χ4n) is 0.517. The second-order valence-electron chi connectivity index (χ2n) is 1.57. The summed E-state index contributed by atoms with van der Waals surface area (Å²) in [7, 11) is 0. The van der Waals surface area contributed by atoms with Crippen LogP contribution in [-0.4, -0.2) is 21.4 Å². The van der Waals surface area contributed by atoms with Gasteiger partial charge >= 0.3 is 0 Å². The van der Waals surface area contributed by atoms with E-state index in [1.807, 2.05) is 0 Å². The van der Waals surface area contributed by atoms with Gasteiger partial charge in [0.1, 0.15) is 0 Å². The lowest BCUT2D eigenvalue weighted by molar-refractivity contribution is 0.998. The van der Waals surface area contributed by atoms with Crippen LogP contribution in [0.5, 0.6) is 0 Å². The van der Waals surface area contributed by atoms with E-state index >= 15 is 0 Å². The number of alkyl halides is 1. The molecule has 1 unspecified atom stereocenters. The molecule has 5 heteroatoms. The first-order chi connectivity index (χ1) is 3.83. The molecule has 0 bridgehead atoms. The lowest BCUT2D eigenvalue weighted by atomic mass is 10.5. The molecule has 1 heterocycles. The maximum absolute atomic E-state index is 5.41. The Balaban J connectivity index is 0.000000640. The number of aliphatic imine (C=N–C) groups is 1. The highest BCUT2D eigenvalue weighted by atomic mass is 127. The zero-order valence-electron chi connectivity index (χ0n) is 4.71. The van der Waals surface area contributed by atoms with Crippen molar-refractivity contribution >= 4 is 63.5 Å². The number of halogens is 2. The van der Waals surface area contributed by atoms with Crippen LogP contribution in [0.4, 0.5) is 0 Å². The van der Waals surface area contributed by atoms with E-state index in [9.17, 15) is 0 Å². The van der Waals surface area contributed by atoms with E-state index < -0.39 is 0 Å². The summed E-state index contributed by atoms with van der Waals surface area (Å²) in [5, 5.41) is 1.40. The molecule has 1 atom stereocenters. The number of nitrogens with two attached hydrogens (primary N) is 1. The van der Waals surface area contributed by atoms with Crippen molar-refractivity contribution in [3.05, 3.63) is 0 Å². The highest BCUT2D eigenvalue weighted by Crippen LogP contribution is 2.19. The van der Waals surface area contributed by atoms with Gasteiger partial charge in [-0.3, -0.25) is 4.99 Å². The van der Waals surface area contributed by atoms with Gasteiger partial charge in [-0.15, -0.1) is 24.0 Å². The molecule has 0 saturated carbocycles. The van der Waals surface area contributed by atoms with E-state index in [0.29, 0.717) is 5.25 Å². The van der Waals surface area contributed by atoms with E-state index in [0.717, 1.165) is 16.1 Å². The monoisotopic (exact) mass is 370 g/mol. The normalized spacial score (nSPS) is 25.0. The molecule has 0 amide bonds. The summed E-state index contributed by atoms with van der Waals surface area (Å²) in [6, 6.07) is 0. The van der Waals surface area contributed by atoms with Crippen LogP contribution in [0.1, 0.15) is 0 Å². The number of hydrogen-bond donors (Lipinski definition) is 1. The number of amidine groups is 1. The third-order valence-corrected chi connectivity index (χ3v) is 3.59. The Bertz CT molecular complexity index is 117. The maximum atomic E-state index is 5.41. The van der Waals surface area contributed by atoms with Gasteiger partial charge in [-0.25, -0.2) is 0 Å². The van der Waals surface area contributed by atoms with E-state index in [1.54, 1.807) is 11.8 Å². The van der Waals surface area contributed by atoms with Gasteiger partial charge in [0.25, 0.3) is 0 Å². The molecule has 2 N–H and O–H groups in total. The van der Waals surface area contributed by atoms with Gasteiger partial charge in [0.2, 0.25) is 0 Å². The summed E-state index contributed by atoms with van der Waals surface area (Å²) >= 11 is 4.04. The predicted octanol–water partition coefficient (Wildman–Crippen LogP) is 1.47. The lowest BCUT2D eigenvalue weighted by Gasteiger charge is -1.97. The summed E-state index contributed by atoms with van der Waals surface area (Å²) in [6.45, 7) is 0.916. The van der Waals surface area contributed by atoms with Gasteiger partial charge in [-0.2, -0.15) is 0 Å². The largest absolute Gasteiger partial charge is 0.379 e. The van der Waals surface area contributed by atoms with Gasteiger partial charge in [0, 0.05) is 9.68 Å². The average Bonchev–Trinajstić information content (AvgIpc) is 2.14. The molecule has 0 aromatic rings. The van der Waals surface area contributed by atoms with Crippen molar-refractivity contribution < 1.29 is 0 Å². The van der Waals surface area contributed by atoms with Crippen LogP contribution in [0.15, 0.2) is 4.99 Å². The second kappa shape index (κ2) is 5.00. The van der Waals surface area contributed by atoms with Crippen molar-refractivity contribution in [1.29, 1.82) is 0 Å². The van der Waals surface area contributed by atoms with Gasteiger partial charge in [0.05, 0.1) is 6.54 Å². The van der Waals surface area contributed by atoms with Gasteiger partial charge in [-0.05, 0) is 0 Å². The molecule has 0 saturated heterocycles. The van der Waals surface area contributed by atoms with Gasteiger partial charge in [0.15, 0.2) is 5.17 Å². The highest BCUT2D eigenvalue weighted by molar-refractivity contribution is 14.1. The Hall–Kier alpha value is 1.28. The fourth-order valence-corrected chi connectivity index (χ4v) is 2.04. The van der Waals surface area contributed by atoms with Crippen molar-refractivity contribution in [2.24, 2.45) is 10.7 Å². The Morgan fingerprint density at radius 2 is 2.56 bits per heavy atom. The lowest BCUT2D eigenvalue weighted by Crippen LogP contribution is -2.06. The number of nitrogens with zero attached hydrogens (tertiary/aromatic N) is 1. The van der Waals surface area contributed by atoms with Crippen LogP contribution < -0.4 is 5.73 Å². The summed E-state index contributed by atoms with van der Waals surface area (Å²) in [6.07, 6.45) is 0. The first kappa shape index (κ1) is 10.3. The second-order valence-corrected chi connectivity index (χ2v) is 3.77. The number of rotatable bonds is 1. The third-order valence-electron chi connectivity index (χ3n) is 0.910. The van der Waals surface area contributed by atoms with Gasteiger partial charge < -0.3 is 5.73 Å². The molecule has 0 aromatic heterocycles. The highest BCUT2D eigenvalue weighted by Gasteiger charge is 2.14. The SMILES string of the molecule is I.NC1=NCC(CI)S1. The van der Waals surface area contributed by atoms with Crippen molar-refractivity contribution in [3.8, 4) is 0 Å². The van der Waals surface area contributed by atoms with E-state index in [-0.39, 0.29) is 24.0 Å². The standard InChI is InChI=1S/C4H7IN2S.HI/c5-1-3-2-7-4(6)8-3;/h3H,1-2H2,(H2,6,7);1H. The topological polar surface area (TPSA) is 38.4 Å². The van der Waals surface area contributed by atoms with Gasteiger partial charge in [-0.1, -0.05) is 34.4 Å². The quantitative estimate of drug-likeness (QED) is 0.561. The summed E-state index contributed by atoms with van der Waals surface area (Å²) in [5.41, 5.74) is 5.41. The molecule has 1 rings (SSSR count). The Labute approximate surface area is 89.6 Å².